The minimum absolute atomic E-state index is 0.290. The lowest BCUT2D eigenvalue weighted by Gasteiger charge is -2.11. The van der Waals surface area contributed by atoms with Crippen LogP contribution in [0, 0.1) is 6.92 Å². The molecule has 2 aromatic heterocycles. The molecule has 0 saturated carbocycles. The Morgan fingerprint density at radius 2 is 2.10 bits per heavy atom. The molecule has 0 amide bonds. The van der Waals surface area contributed by atoms with E-state index in [2.05, 4.69) is 25.9 Å². The first-order chi connectivity index (χ1) is 14.8. The zero-order chi connectivity index (χ0) is 22.5. The molecule has 2 heterocycles. The molecule has 4 nitrogen and oxygen atoms in total. The Bertz CT molecular complexity index is 1250. The Kier molecular flexibility index (Phi) is 7.82. The third-order valence-electron chi connectivity index (χ3n) is 4.42. The number of halogens is 2. The maximum atomic E-state index is 13.9. The van der Waals surface area contributed by atoms with E-state index in [1.54, 1.807) is 10.6 Å². The quantitative estimate of drug-likeness (QED) is 0.173. The third kappa shape index (κ3) is 5.91. The number of benzene rings is 1. The second-order valence-corrected chi connectivity index (χ2v) is 9.26. The van der Waals surface area contributed by atoms with Crippen LogP contribution in [0.1, 0.15) is 18.9 Å². The van der Waals surface area contributed by atoms with Crippen molar-refractivity contribution in [3.05, 3.63) is 93.0 Å². The van der Waals surface area contributed by atoms with Gasteiger partial charge in [-0.2, -0.15) is 10.1 Å². The van der Waals surface area contributed by atoms with Gasteiger partial charge in [-0.3, -0.25) is 4.79 Å². The summed E-state index contributed by atoms with van der Waals surface area (Å²) in [6.45, 7) is 7.52. The van der Waals surface area contributed by atoms with Crippen molar-refractivity contribution >= 4 is 38.1 Å². The van der Waals surface area contributed by atoms with Crippen LogP contribution in [0.4, 0.5) is 4.39 Å². The van der Waals surface area contributed by atoms with Gasteiger partial charge in [0.15, 0.2) is 0 Å². The fraction of sp³-hybridized carbons (Fsp3) is 0.174. The summed E-state index contributed by atoms with van der Waals surface area (Å²) in [5, 5.41) is 6.56. The van der Waals surface area contributed by atoms with Crippen molar-refractivity contribution in [2.75, 3.05) is 5.75 Å². The lowest BCUT2D eigenvalue weighted by Crippen LogP contribution is -2.14. The van der Waals surface area contributed by atoms with Crippen LogP contribution in [0.3, 0.4) is 0 Å². The van der Waals surface area contributed by atoms with Crippen molar-refractivity contribution in [2.45, 2.75) is 25.3 Å². The monoisotopic (exact) mass is 473 g/mol. The molecule has 0 aliphatic rings. The van der Waals surface area contributed by atoms with Gasteiger partial charge in [0, 0.05) is 16.3 Å². The Labute approximate surface area is 192 Å². The van der Waals surface area contributed by atoms with Crippen LogP contribution < -0.4 is 5.56 Å². The average Bonchev–Trinajstić information content (AvgIpc) is 2.72. The molecule has 160 valence electrons. The van der Waals surface area contributed by atoms with Crippen LogP contribution in [0.25, 0.3) is 16.6 Å². The molecule has 3 aromatic rings. The van der Waals surface area contributed by atoms with E-state index in [0.29, 0.717) is 33.8 Å². The van der Waals surface area contributed by atoms with Gasteiger partial charge in [0.2, 0.25) is 0 Å². The van der Waals surface area contributed by atoms with Gasteiger partial charge in [-0.25, -0.2) is 8.91 Å². The van der Waals surface area contributed by atoms with Crippen molar-refractivity contribution in [2.24, 2.45) is 0 Å². The molecule has 3 rings (SSSR count). The minimum Gasteiger partial charge on any atom is -0.267 e. The first-order valence-corrected chi connectivity index (χ1v) is 11.4. The van der Waals surface area contributed by atoms with Crippen molar-refractivity contribution in [3.63, 3.8) is 0 Å². The van der Waals surface area contributed by atoms with Crippen LogP contribution in [0.2, 0.25) is 5.02 Å². The Balaban J connectivity index is 1.88. The molecule has 0 bridgehead atoms. The Hall–Kier alpha value is -2.27. The van der Waals surface area contributed by atoms with E-state index < -0.39 is 0 Å². The fourth-order valence-corrected chi connectivity index (χ4v) is 4.39. The highest BCUT2D eigenvalue weighted by molar-refractivity contribution is 7.99. The summed E-state index contributed by atoms with van der Waals surface area (Å²) in [6.07, 6.45) is 4.90. The second kappa shape index (κ2) is 10.4. The minimum atomic E-state index is -0.356. The van der Waals surface area contributed by atoms with Gasteiger partial charge >= 0.3 is 0 Å². The summed E-state index contributed by atoms with van der Waals surface area (Å²) >= 11 is 7.84. The number of allylic oxidation sites excluding steroid dienone is 4. The molecular formula is C23H22ClFN3OPS. The molecular weight excluding hydrogens is 452 g/mol. The molecule has 8 heteroatoms. The smallest absolute Gasteiger partial charge is 0.267 e. The molecule has 1 atom stereocenters. The van der Waals surface area contributed by atoms with Crippen LogP contribution in [-0.2, 0) is 0 Å². The largest absolute Gasteiger partial charge is 0.281 e. The maximum Gasteiger partial charge on any atom is 0.281 e. The normalized spacial score (nSPS) is 12.4. The zero-order valence-electron chi connectivity index (χ0n) is 17.2. The standard InChI is InChI=1S/C23H22ClFN3OPS/c1-14(2)7-8-16(25)11-17(30)12-31-20-10-9-19-22(23(29)26-13-28(19)27-20)21-15(3)5-4-6-18(21)24/h4-6,8-11,13H,1,7,12,30H2,2-3H3/b16-8+,17-11+. The van der Waals surface area contributed by atoms with Gasteiger partial charge in [-0.15, -0.1) is 9.24 Å². The highest BCUT2D eigenvalue weighted by Crippen LogP contribution is 2.32. The lowest BCUT2D eigenvalue weighted by molar-refractivity contribution is 0.661. The van der Waals surface area contributed by atoms with E-state index in [-0.39, 0.29) is 11.4 Å². The Morgan fingerprint density at radius 3 is 2.81 bits per heavy atom. The van der Waals surface area contributed by atoms with Crippen molar-refractivity contribution in [1.82, 2.24) is 14.6 Å². The zero-order valence-corrected chi connectivity index (χ0v) is 20.0. The highest BCUT2D eigenvalue weighted by Gasteiger charge is 2.16. The summed E-state index contributed by atoms with van der Waals surface area (Å²) in [7, 11) is 2.55. The number of thioether (sulfide) groups is 1. The SMILES string of the molecule is C=C(C)C/C=C(F)\C=C(\P)CSc1ccc2c(-c3c(C)cccc3Cl)c(=O)ncn2n1. The van der Waals surface area contributed by atoms with Gasteiger partial charge in [0.25, 0.3) is 5.56 Å². The summed E-state index contributed by atoms with van der Waals surface area (Å²) in [5.41, 5.74) is 3.14. The van der Waals surface area contributed by atoms with Crippen LogP contribution in [-0.4, -0.2) is 20.4 Å². The van der Waals surface area contributed by atoms with Crippen molar-refractivity contribution in [1.29, 1.82) is 0 Å². The van der Waals surface area contributed by atoms with Gasteiger partial charge in [0.05, 0.1) is 11.1 Å². The number of rotatable bonds is 7. The van der Waals surface area contributed by atoms with E-state index in [1.807, 2.05) is 38.1 Å². The molecule has 0 aliphatic carbocycles. The molecule has 0 radical (unpaired) electrons. The highest BCUT2D eigenvalue weighted by atomic mass is 35.5. The summed E-state index contributed by atoms with van der Waals surface area (Å²) < 4.78 is 15.5. The number of fused-ring (bicyclic) bond motifs is 1. The van der Waals surface area contributed by atoms with Crippen LogP contribution in [0.15, 0.2) is 81.9 Å². The van der Waals surface area contributed by atoms with Crippen molar-refractivity contribution < 1.29 is 4.39 Å². The second-order valence-electron chi connectivity index (χ2n) is 7.12. The first-order valence-electron chi connectivity index (χ1n) is 9.49. The van der Waals surface area contributed by atoms with Crippen LogP contribution >= 0.6 is 32.6 Å². The summed E-state index contributed by atoms with van der Waals surface area (Å²) in [6, 6.07) is 9.16. The molecule has 0 N–H and O–H groups in total. The van der Waals surface area contributed by atoms with Gasteiger partial charge in [-0.1, -0.05) is 47.6 Å². The van der Waals surface area contributed by atoms with E-state index in [1.165, 1.54) is 30.2 Å². The fourth-order valence-electron chi connectivity index (χ4n) is 2.95. The van der Waals surface area contributed by atoms with Gasteiger partial charge in [-0.05, 0) is 61.5 Å². The average molecular weight is 474 g/mol. The third-order valence-corrected chi connectivity index (χ3v) is 6.39. The molecule has 31 heavy (non-hydrogen) atoms. The molecule has 0 aliphatic heterocycles. The molecule has 0 saturated heterocycles. The van der Waals surface area contributed by atoms with Crippen LogP contribution in [0.5, 0.6) is 0 Å². The van der Waals surface area contributed by atoms with E-state index in [9.17, 15) is 9.18 Å². The topological polar surface area (TPSA) is 47.3 Å². The summed E-state index contributed by atoms with van der Waals surface area (Å²) in [4.78, 5) is 16.5. The summed E-state index contributed by atoms with van der Waals surface area (Å²) in [5.74, 6) is 0.253. The number of aromatic nitrogens is 3. The molecule has 1 unspecified atom stereocenters. The predicted molar refractivity (Wildman–Crippen MR) is 132 cm³/mol. The molecule has 0 fully saturated rings. The number of hydrogen-bond acceptors (Lipinski definition) is 4. The number of aryl methyl sites for hydroxylation is 1. The lowest BCUT2D eigenvalue weighted by atomic mass is 10.0. The van der Waals surface area contributed by atoms with E-state index in [4.69, 9.17) is 11.6 Å². The maximum absolute atomic E-state index is 13.9. The molecule has 0 spiro atoms. The molecule has 1 aromatic carbocycles. The number of nitrogens with zero attached hydrogens (tertiary/aromatic N) is 3. The van der Waals surface area contributed by atoms with Crippen molar-refractivity contribution in [3.8, 4) is 11.1 Å². The predicted octanol–water partition coefficient (Wildman–Crippen LogP) is 6.39. The van der Waals surface area contributed by atoms with Gasteiger partial charge in [0.1, 0.15) is 17.2 Å². The first kappa shape index (κ1) is 23.4. The van der Waals surface area contributed by atoms with E-state index >= 15 is 0 Å². The number of hydrogen-bond donors (Lipinski definition) is 0. The van der Waals surface area contributed by atoms with E-state index in [0.717, 1.165) is 21.5 Å². The van der Waals surface area contributed by atoms with Gasteiger partial charge < -0.3 is 0 Å². The Morgan fingerprint density at radius 1 is 1.32 bits per heavy atom.